The van der Waals surface area contributed by atoms with Crippen molar-refractivity contribution in [3.63, 3.8) is 0 Å². The predicted molar refractivity (Wildman–Crippen MR) is 73.0 cm³/mol. The van der Waals surface area contributed by atoms with E-state index in [9.17, 15) is 0 Å². The van der Waals surface area contributed by atoms with Crippen molar-refractivity contribution in [3.8, 4) is 0 Å². The van der Waals surface area contributed by atoms with Gasteiger partial charge < -0.3 is 4.74 Å². The number of unbranched alkanes of at least 4 members (excludes halogenated alkanes) is 5. The van der Waals surface area contributed by atoms with Gasteiger partial charge in [-0.25, -0.2) is 0 Å². The number of ether oxygens (including phenoxy) is 1. The highest BCUT2D eigenvalue weighted by atomic mass is 35.5. The van der Waals surface area contributed by atoms with Gasteiger partial charge in [-0.15, -0.1) is 0 Å². The molecule has 2 atom stereocenters. The first-order chi connectivity index (χ1) is 7.54. The second-order valence-electron chi connectivity index (χ2n) is 4.88. The molecule has 0 aliphatic carbocycles. The molecule has 0 fully saturated rings. The van der Waals surface area contributed by atoms with E-state index in [4.69, 9.17) is 16.3 Å². The molecule has 0 spiro atoms. The highest BCUT2D eigenvalue weighted by Gasteiger charge is 2.28. The van der Waals surface area contributed by atoms with Gasteiger partial charge in [-0.1, -0.05) is 64.0 Å². The van der Waals surface area contributed by atoms with Gasteiger partial charge in [-0.3, -0.25) is 0 Å². The van der Waals surface area contributed by atoms with Crippen molar-refractivity contribution in [2.45, 2.75) is 77.7 Å². The van der Waals surface area contributed by atoms with Crippen LogP contribution in [0.1, 0.15) is 72.6 Å². The van der Waals surface area contributed by atoms with Crippen molar-refractivity contribution in [3.05, 3.63) is 0 Å². The standard InChI is InChI=1S/C14H29ClO/c1-5-7-8-9-10-11-12-13(3)14(4,15)16-6-2/h13H,5-12H2,1-4H3. The van der Waals surface area contributed by atoms with Crippen molar-refractivity contribution in [2.75, 3.05) is 6.61 Å². The van der Waals surface area contributed by atoms with Crippen LogP contribution >= 0.6 is 11.6 Å². The van der Waals surface area contributed by atoms with Gasteiger partial charge in [-0.2, -0.15) is 0 Å². The highest BCUT2D eigenvalue weighted by molar-refractivity contribution is 6.22. The molecule has 0 bridgehead atoms. The maximum absolute atomic E-state index is 6.33. The first-order valence-corrected chi connectivity index (χ1v) is 7.25. The smallest absolute Gasteiger partial charge is 0.141 e. The van der Waals surface area contributed by atoms with Crippen LogP contribution < -0.4 is 0 Å². The van der Waals surface area contributed by atoms with Crippen LogP contribution in [0.5, 0.6) is 0 Å². The van der Waals surface area contributed by atoms with Gasteiger partial charge in [0.05, 0.1) is 0 Å². The number of halogens is 1. The molecular weight excluding hydrogens is 220 g/mol. The molecule has 0 aromatic rings. The summed E-state index contributed by atoms with van der Waals surface area (Å²) in [6, 6.07) is 0. The summed E-state index contributed by atoms with van der Waals surface area (Å²) in [5.41, 5.74) is 0. The third kappa shape index (κ3) is 7.51. The van der Waals surface area contributed by atoms with Gasteiger partial charge >= 0.3 is 0 Å². The Morgan fingerprint density at radius 3 is 2.19 bits per heavy atom. The Morgan fingerprint density at radius 2 is 1.62 bits per heavy atom. The van der Waals surface area contributed by atoms with E-state index in [-0.39, 0.29) is 0 Å². The van der Waals surface area contributed by atoms with E-state index in [0.717, 1.165) is 0 Å². The van der Waals surface area contributed by atoms with Crippen LogP contribution in [0.3, 0.4) is 0 Å². The van der Waals surface area contributed by atoms with Crippen molar-refractivity contribution >= 4 is 11.6 Å². The van der Waals surface area contributed by atoms with Gasteiger partial charge in [0.2, 0.25) is 0 Å². The Labute approximate surface area is 107 Å². The van der Waals surface area contributed by atoms with E-state index in [2.05, 4.69) is 13.8 Å². The topological polar surface area (TPSA) is 9.23 Å². The summed E-state index contributed by atoms with van der Waals surface area (Å²) >= 11 is 6.33. The zero-order chi connectivity index (χ0) is 12.4. The third-order valence-corrected chi connectivity index (χ3v) is 3.78. The minimum Gasteiger partial charge on any atom is -0.360 e. The monoisotopic (exact) mass is 248 g/mol. The van der Waals surface area contributed by atoms with E-state index in [0.29, 0.717) is 12.5 Å². The fraction of sp³-hybridized carbons (Fsp3) is 1.00. The molecule has 2 heteroatoms. The predicted octanol–water partition coefficient (Wildman–Crippen LogP) is 5.36. The van der Waals surface area contributed by atoms with Gasteiger partial charge in [0, 0.05) is 6.61 Å². The molecule has 0 aromatic heterocycles. The van der Waals surface area contributed by atoms with Crippen LogP contribution in [-0.4, -0.2) is 11.7 Å². The van der Waals surface area contributed by atoms with Crippen molar-refractivity contribution in [1.29, 1.82) is 0 Å². The molecule has 0 saturated heterocycles. The Kier molecular flexibility index (Phi) is 9.44. The molecule has 0 radical (unpaired) electrons. The lowest BCUT2D eigenvalue weighted by molar-refractivity contribution is -0.000255. The summed E-state index contributed by atoms with van der Waals surface area (Å²) in [5, 5.41) is -0.474. The molecule has 1 nitrogen and oxygen atoms in total. The van der Waals surface area contributed by atoms with Crippen molar-refractivity contribution < 1.29 is 4.74 Å². The number of alkyl halides is 1. The molecule has 0 rings (SSSR count). The molecule has 2 unspecified atom stereocenters. The quantitative estimate of drug-likeness (QED) is 0.373. The van der Waals surface area contributed by atoms with Gasteiger partial charge in [0.15, 0.2) is 0 Å². The number of rotatable bonds is 10. The average molecular weight is 249 g/mol. The van der Waals surface area contributed by atoms with Crippen LogP contribution in [0.4, 0.5) is 0 Å². The van der Waals surface area contributed by atoms with Crippen molar-refractivity contribution in [1.82, 2.24) is 0 Å². The van der Waals surface area contributed by atoms with Gasteiger partial charge in [0.1, 0.15) is 5.06 Å². The van der Waals surface area contributed by atoms with E-state index in [1.165, 1.54) is 44.9 Å². The largest absolute Gasteiger partial charge is 0.360 e. The lowest BCUT2D eigenvalue weighted by Gasteiger charge is -2.29. The summed E-state index contributed by atoms with van der Waals surface area (Å²) in [6.07, 6.45) is 9.24. The number of hydrogen-bond acceptors (Lipinski definition) is 1. The summed E-state index contributed by atoms with van der Waals surface area (Å²) in [7, 11) is 0. The minimum absolute atomic E-state index is 0.431. The van der Waals surface area contributed by atoms with Crippen LogP contribution in [0.25, 0.3) is 0 Å². The Balaban J connectivity index is 3.52. The lowest BCUT2D eigenvalue weighted by Crippen LogP contribution is -2.29. The normalized spacial score (nSPS) is 17.1. The van der Waals surface area contributed by atoms with E-state index < -0.39 is 5.06 Å². The molecule has 16 heavy (non-hydrogen) atoms. The van der Waals surface area contributed by atoms with E-state index in [1.807, 2.05) is 13.8 Å². The number of hydrogen-bond donors (Lipinski definition) is 0. The minimum atomic E-state index is -0.474. The summed E-state index contributed by atoms with van der Waals surface area (Å²) in [5.74, 6) is 0.431. The SMILES string of the molecule is CCCCCCCCC(C)C(C)(Cl)OCC. The first kappa shape index (κ1) is 16.2. The zero-order valence-electron chi connectivity index (χ0n) is 11.5. The lowest BCUT2D eigenvalue weighted by atomic mass is 9.97. The fourth-order valence-electron chi connectivity index (χ4n) is 1.91. The van der Waals surface area contributed by atoms with Gasteiger partial charge in [-0.05, 0) is 26.2 Å². The maximum Gasteiger partial charge on any atom is 0.141 e. The summed E-state index contributed by atoms with van der Waals surface area (Å²) < 4.78 is 5.55. The van der Waals surface area contributed by atoms with Crippen molar-refractivity contribution in [2.24, 2.45) is 5.92 Å². The summed E-state index contributed by atoms with van der Waals surface area (Å²) in [6.45, 7) is 9.12. The summed E-state index contributed by atoms with van der Waals surface area (Å²) in [4.78, 5) is 0. The molecule has 0 heterocycles. The van der Waals surface area contributed by atoms with E-state index in [1.54, 1.807) is 0 Å². The molecule has 0 saturated carbocycles. The van der Waals surface area contributed by atoms with Gasteiger partial charge in [0.25, 0.3) is 0 Å². The zero-order valence-corrected chi connectivity index (χ0v) is 12.3. The molecular formula is C14H29ClO. The Hall–Kier alpha value is 0.250. The highest BCUT2D eigenvalue weighted by Crippen LogP contribution is 2.30. The molecule has 0 aliphatic rings. The molecule has 0 N–H and O–H groups in total. The third-order valence-electron chi connectivity index (χ3n) is 3.30. The second-order valence-corrected chi connectivity index (χ2v) is 5.63. The first-order valence-electron chi connectivity index (χ1n) is 6.87. The Bertz CT molecular complexity index is 157. The van der Waals surface area contributed by atoms with E-state index >= 15 is 0 Å². The molecule has 0 aromatic carbocycles. The molecule has 0 amide bonds. The Morgan fingerprint density at radius 1 is 1.06 bits per heavy atom. The van der Waals surface area contributed by atoms with Crippen LogP contribution in [-0.2, 0) is 4.74 Å². The maximum atomic E-state index is 6.33. The molecule has 98 valence electrons. The van der Waals surface area contributed by atoms with Crippen LogP contribution in [0.15, 0.2) is 0 Å². The van der Waals surface area contributed by atoms with Crippen LogP contribution in [0.2, 0.25) is 0 Å². The fourth-order valence-corrected chi connectivity index (χ4v) is 2.13. The van der Waals surface area contributed by atoms with Crippen LogP contribution in [0, 0.1) is 5.92 Å². The second kappa shape index (κ2) is 9.30. The molecule has 0 aliphatic heterocycles. The average Bonchev–Trinajstić information content (AvgIpc) is 2.22.